The van der Waals surface area contributed by atoms with E-state index >= 15 is 0 Å². The number of hydrogen-bond donors (Lipinski definition) is 2. The molecule has 2 unspecified atom stereocenters. The van der Waals surface area contributed by atoms with Gasteiger partial charge in [-0.1, -0.05) is 29.8 Å². The highest BCUT2D eigenvalue weighted by Gasteiger charge is 2.20. The summed E-state index contributed by atoms with van der Waals surface area (Å²) >= 11 is 7.84. The van der Waals surface area contributed by atoms with Crippen molar-refractivity contribution in [1.29, 1.82) is 0 Å². The molecule has 0 saturated carbocycles. The molecule has 3 N–H and O–H groups in total. The number of halogens is 1. The number of fused-ring (bicyclic) bond motifs is 1. The number of nitrogens with two attached hydrogens (primary N) is 1. The Morgan fingerprint density at radius 1 is 1.34 bits per heavy atom. The fourth-order valence-electron chi connectivity index (χ4n) is 4.30. The molecule has 1 aliphatic rings. The van der Waals surface area contributed by atoms with Gasteiger partial charge in [-0.3, -0.25) is 9.20 Å². The van der Waals surface area contributed by atoms with E-state index in [9.17, 15) is 4.79 Å². The van der Waals surface area contributed by atoms with Gasteiger partial charge in [0, 0.05) is 23.2 Å². The summed E-state index contributed by atoms with van der Waals surface area (Å²) in [5.74, 6) is 0.999. The first-order valence-electron chi connectivity index (χ1n) is 11.6. The van der Waals surface area contributed by atoms with Crippen molar-refractivity contribution in [3.63, 3.8) is 0 Å². The van der Waals surface area contributed by atoms with Gasteiger partial charge in [-0.2, -0.15) is 0 Å². The number of carbonyl (C=O) groups is 1. The van der Waals surface area contributed by atoms with Gasteiger partial charge in [0.05, 0.1) is 34.3 Å². The molecule has 4 aromatic rings. The molecule has 5 rings (SSSR count). The van der Waals surface area contributed by atoms with E-state index in [-0.39, 0.29) is 18.6 Å². The number of hydrogen-bond acceptors (Lipinski definition) is 6. The summed E-state index contributed by atoms with van der Waals surface area (Å²) in [6.45, 7) is 3.82. The third-order valence-electron chi connectivity index (χ3n) is 6.04. The van der Waals surface area contributed by atoms with Crippen molar-refractivity contribution in [1.82, 2.24) is 14.7 Å². The molecule has 7 nitrogen and oxygen atoms in total. The standard InChI is InChI=1S/C26H27ClN4O3S/c1-16(19-6-2-3-7-20(19)27)33-22-11-23(35-24(22)12-25(28)32)21-14-30-26-9-8-18(15-31(21)26)34-17-5-4-10-29-13-17/h2-3,6-9,11,14-17,29H,4-5,10,12-13H2,1H3,(H2,28,32). The molecule has 1 saturated heterocycles. The molecule has 1 amide bonds. The number of aromatic nitrogens is 2. The minimum atomic E-state index is -0.413. The molecule has 1 fully saturated rings. The predicted molar refractivity (Wildman–Crippen MR) is 138 cm³/mol. The van der Waals surface area contributed by atoms with Crippen LogP contribution >= 0.6 is 22.9 Å². The highest BCUT2D eigenvalue weighted by Crippen LogP contribution is 2.39. The van der Waals surface area contributed by atoms with Crippen molar-refractivity contribution in [3.05, 3.63) is 70.3 Å². The fourth-order valence-corrected chi connectivity index (χ4v) is 5.70. The molecule has 1 aliphatic heterocycles. The summed E-state index contributed by atoms with van der Waals surface area (Å²) in [7, 11) is 0. The number of ether oxygens (including phenoxy) is 2. The van der Waals surface area contributed by atoms with Crippen molar-refractivity contribution < 1.29 is 14.3 Å². The topological polar surface area (TPSA) is 90.9 Å². The summed E-state index contributed by atoms with van der Waals surface area (Å²) in [4.78, 5) is 18.0. The minimum absolute atomic E-state index is 0.0923. The van der Waals surface area contributed by atoms with Gasteiger partial charge in [0.2, 0.25) is 5.91 Å². The highest BCUT2D eigenvalue weighted by atomic mass is 35.5. The number of thiophene rings is 1. The number of piperidine rings is 1. The molecule has 2 atom stereocenters. The van der Waals surface area contributed by atoms with Gasteiger partial charge in [0.25, 0.3) is 0 Å². The molecule has 3 aromatic heterocycles. The molecule has 9 heteroatoms. The SMILES string of the molecule is CC(Oc1cc(-c2cnc3ccc(OC4CCCNC4)cn23)sc1CC(N)=O)c1ccccc1Cl. The van der Waals surface area contributed by atoms with E-state index in [0.717, 1.165) is 58.3 Å². The normalized spacial score (nSPS) is 16.8. The van der Waals surface area contributed by atoms with Crippen LogP contribution < -0.4 is 20.5 Å². The molecule has 0 spiro atoms. The van der Waals surface area contributed by atoms with Crippen molar-refractivity contribution in [2.75, 3.05) is 13.1 Å². The third-order valence-corrected chi connectivity index (χ3v) is 7.52. The zero-order valence-corrected chi connectivity index (χ0v) is 20.9. The lowest BCUT2D eigenvalue weighted by Crippen LogP contribution is -2.37. The largest absolute Gasteiger partial charge is 0.488 e. The first kappa shape index (κ1) is 23.7. The van der Waals surface area contributed by atoms with E-state index in [1.807, 2.05) is 66.2 Å². The molecule has 0 aliphatic carbocycles. The van der Waals surface area contributed by atoms with E-state index in [0.29, 0.717) is 10.8 Å². The Kier molecular flexibility index (Phi) is 6.95. The number of imidazole rings is 1. The van der Waals surface area contributed by atoms with Crippen LogP contribution in [0.4, 0.5) is 0 Å². The van der Waals surface area contributed by atoms with E-state index in [2.05, 4.69) is 10.3 Å². The first-order chi connectivity index (χ1) is 17.0. The van der Waals surface area contributed by atoms with Gasteiger partial charge in [0.1, 0.15) is 29.4 Å². The number of pyridine rings is 1. The van der Waals surface area contributed by atoms with Crippen molar-refractivity contribution in [3.8, 4) is 22.1 Å². The van der Waals surface area contributed by atoms with E-state index in [1.54, 1.807) is 0 Å². The molecule has 182 valence electrons. The van der Waals surface area contributed by atoms with Gasteiger partial charge in [0.15, 0.2) is 0 Å². The number of carbonyl (C=O) groups excluding carboxylic acids is 1. The monoisotopic (exact) mass is 510 g/mol. The molecule has 1 aromatic carbocycles. The highest BCUT2D eigenvalue weighted by molar-refractivity contribution is 7.15. The average molecular weight is 511 g/mol. The second kappa shape index (κ2) is 10.3. The Bertz CT molecular complexity index is 1350. The molecule has 0 bridgehead atoms. The number of amides is 1. The number of rotatable bonds is 8. The zero-order chi connectivity index (χ0) is 24.4. The molecule has 4 heterocycles. The van der Waals surface area contributed by atoms with Crippen molar-refractivity contribution in [2.45, 2.75) is 38.4 Å². The Morgan fingerprint density at radius 3 is 2.97 bits per heavy atom. The first-order valence-corrected chi connectivity index (χ1v) is 12.8. The summed E-state index contributed by atoms with van der Waals surface area (Å²) in [6.07, 6.45) is 5.88. The Morgan fingerprint density at radius 2 is 2.20 bits per heavy atom. The van der Waals surface area contributed by atoms with E-state index in [1.165, 1.54) is 11.3 Å². The van der Waals surface area contributed by atoms with Gasteiger partial charge in [-0.05, 0) is 44.5 Å². The van der Waals surface area contributed by atoms with Crippen LogP contribution in [0.25, 0.3) is 16.2 Å². The smallest absolute Gasteiger partial charge is 0.222 e. The lowest BCUT2D eigenvalue weighted by Gasteiger charge is -2.23. The van der Waals surface area contributed by atoms with Crippen molar-refractivity contribution in [2.24, 2.45) is 5.73 Å². The van der Waals surface area contributed by atoms with Crippen LogP contribution in [0.5, 0.6) is 11.5 Å². The van der Waals surface area contributed by atoms with Crippen LogP contribution in [0.3, 0.4) is 0 Å². The summed E-state index contributed by atoms with van der Waals surface area (Å²) < 4.78 is 14.5. The number of benzene rings is 1. The van der Waals surface area contributed by atoms with Crippen molar-refractivity contribution >= 4 is 34.5 Å². The van der Waals surface area contributed by atoms with Crippen LogP contribution in [0.1, 0.15) is 36.3 Å². The molecule has 0 radical (unpaired) electrons. The third kappa shape index (κ3) is 5.29. The van der Waals surface area contributed by atoms with Crippen LogP contribution in [0.2, 0.25) is 5.02 Å². The van der Waals surface area contributed by atoms with Crippen LogP contribution in [-0.2, 0) is 11.2 Å². The van der Waals surface area contributed by atoms with Gasteiger partial charge in [-0.25, -0.2) is 4.98 Å². The van der Waals surface area contributed by atoms with Crippen LogP contribution in [-0.4, -0.2) is 34.5 Å². The lowest BCUT2D eigenvalue weighted by atomic mass is 10.1. The number of nitrogens with one attached hydrogen (secondary N) is 1. The summed E-state index contributed by atoms with van der Waals surface area (Å²) in [5.41, 5.74) is 8.12. The quantitative estimate of drug-likeness (QED) is 0.347. The van der Waals surface area contributed by atoms with Gasteiger partial charge in [-0.15, -0.1) is 11.3 Å². The Labute approximate surface area is 212 Å². The van der Waals surface area contributed by atoms with Gasteiger partial charge < -0.3 is 20.5 Å². The van der Waals surface area contributed by atoms with E-state index < -0.39 is 5.91 Å². The molecule has 35 heavy (non-hydrogen) atoms. The fraction of sp³-hybridized carbons (Fsp3) is 0.308. The second-order valence-corrected chi connectivity index (χ2v) is 10.2. The predicted octanol–water partition coefficient (Wildman–Crippen LogP) is 5.01. The second-order valence-electron chi connectivity index (χ2n) is 8.65. The summed E-state index contributed by atoms with van der Waals surface area (Å²) in [6, 6.07) is 13.4. The average Bonchev–Trinajstić information content (AvgIpc) is 3.43. The van der Waals surface area contributed by atoms with Gasteiger partial charge >= 0.3 is 0 Å². The van der Waals surface area contributed by atoms with Crippen LogP contribution in [0.15, 0.2) is 54.9 Å². The maximum absolute atomic E-state index is 11.8. The Hall–Kier alpha value is -3.07. The maximum Gasteiger partial charge on any atom is 0.222 e. The summed E-state index contributed by atoms with van der Waals surface area (Å²) in [5, 5.41) is 4.01. The number of nitrogens with zero attached hydrogens (tertiary/aromatic N) is 2. The van der Waals surface area contributed by atoms with Crippen LogP contribution in [0, 0.1) is 0 Å². The van der Waals surface area contributed by atoms with E-state index in [4.69, 9.17) is 26.8 Å². The molecular formula is C26H27ClN4O3S. The molecular weight excluding hydrogens is 484 g/mol. The zero-order valence-electron chi connectivity index (χ0n) is 19.4. The Balaban J connectivity index is 1.46. The lowest BCUT2D eigenvalue weighted by molar-refractivity contribution is -0.117. The maximum atomic E-state index is 11.8. The number of primary amides is 1. The minimum Gasteiger partial charge on any atom is -0.488 e.